The van der Waals surface area contributed by atoms with Crippen molar-refractivity contribution in [2.45, 2.75) is 13.0 Å². The van der Waals surface area contributed by atoms with E-state index in [0.717, 1.165) is 6.54 Å². The molecule has 0 aromatic heterocycles. The molecule has 0 aromatic carbocycles. The van der Waals surface area contributed by atoms with Crippen LogP contribution in [0.5, 0.6) is 0 Å². The first-order valence-corrected chi connectivity index (χ1v) is 1.89. The monoisotopic (exact) mass is 76.1 g/mol. The Labute approximate surface area is 32.1 Å². The summed E-state index contributed by atoms with van der Waals surface area (Å²) in [5, 5.41) is 0. The quantitative estimate of drug-likeness (QED) is 0.358. The van der Waals surface area contributed by atoms with E-state index in [1.165, 1.54) is 0 Å². The van der Waals surface area contributed by atoms with Gasteiger partial charge in [0, 0.05) is 0 Å². The Morgan fingerprint density at radius 3 is 2.00 bits per heavy atom. The molecule has 1 atom stereocenters. The van der Waals surface area contributed by atoms with Gasteiger partial charge in [-0.3, -0.25) is 0 Å². The van der Waals surface area contributed by atoms with Crippen LogP contribution in [-0.2, 0) is 0 Å². The van der Waals surface area contributed by atoms with Crippen molar-refractivity contribution in [1.29, 1.82) is 0 Å². The van der Waals surface area contributed by atoms with Crippen LogP contribution < -0.4 is 11.5 Å². The molecule has 0 saturated heterocycles. The molecule has 0 bridgehead atoms. The second-order valence-corrected chi connectivity index (χ2v) is 1.39. The van der Waals surface area contributed by atoms with E-state index < -0.39 is 0 Å². The van der Waals surface area contributed by atoms with Gasteiger partial charge in [-0.15, -0.1) is 0 Å². The Balaban J connectivity index is 2.54. The second-order valence-electron chi connectivity index (χ2n) is 1.39. The molecule has 0 aromatic rings. The van der Waals surface area contributed by atoms with E-state index in [1.54, 1.807) is 0 Å². The Bertz CT molecular complexity index is 18.9. The van der Waals surface area contributed by atoms with Crippen molar-refractivity contribution in [2.75, 3.05) is 6.54 Å². The maximum atomic E-state index is 3.69. The summed E-state index contributed by atoms with van der Waals surface area (Å²) in [6, 6.07) is 0.523. The highest BCUT2D eigenvalue weighted by Crippen LogP contribution is 1.51. The fourth-order valence-electron chi connectivity index (χ4n) is 0. The maximum absolute atomic E-state index is 3.69. The molecule has 32 valence electrons. The lowest BCUT2D eigenvalue weighted by molar-refractivity contribution is -0.488. The van der Waals surface area contributed by atoms with Gasteiger partial charge >= 0.3 is 0 Å². The Morgan fingerprint density at radius 2 is 2.00 bits per heavy atom. The summed E-state index contributed by atoms with van der Waals surface area (Å²) in [6.45, 7) is 2.99. The third kappa shape index (κ3) is 3.92. The van der Waals surface area contributed by atoms with Gasteiger partial charge in [0.05, 0.1) is 0 Å². The van der Waals surface area contributed by atoms with Crippen LogP contribution in [0.25, 0.3) is 0 Å². The van der Waals surface area contributed by atoms with Crippen molar-refractivity contribution < 1.29 is 11.5 Å². The van der Waals surface area contributed by atoms with E-state index in [9.17, 15) is 0 Å². The largest absolute Gasteiger partial charge is 0.353 e. The van der Waals surface area contributed by atoms with Crippen LogP contribution >= 0.6 is 0 Å². The molecule has 0 saturated carbocycles. The summed E-state index contributed by atoms with van der Waals surface area (Å²) in [5.41, 5.74) is 7.32. The summed E-state index contributed by atoms with van der Waals surface area (Å²) < 4.78 is 0. The molecular weight excluding hydrogens is 64.0 g/mol. The van der Waals surface area contributed by atoms with Crippen molar-refractivity contribution in [3.8, 4) is 0 Å². The van der Waals surface area contributed by atoms with Crippen LogP contribution in [0.1, 0.15) is 6.92 Å². The third-order valence-electron chi connectivity index (χ3n) is 0.493. The number of rotatable bonds is 1. The minimum atomic E-state index is 0.523. The van der Waals surface area contributed by atoms with E-state index in [1.807, 2.05) is 6.92 Å². The Hall–Kier alpha value is -0.0800. The molecule has 0 aliphatic heterocycles. The van der Waals surface area contributed by atoms with E-state index >= 15 is 0 Å². The van der Waals surface area contributed by atoms with Crippen LogP contribution in [-0.4, -0.2) is 12.6 Å². The summed E-state index contributed by atoms with van der Waals surface area (Å²) in [7, 11) is 0. The molecule has 0 radical (unpaired) electrons. The van der Waals surface area contributed by atoms with E-state index in [2.05, 4.69) is 11.5 Å². The van der Waals surface area contributed by atoms with Gasteiger partial charge in [-0.1, -0.05) is 0 Å². The average Bonchev–Trinajstić information content (AvgIpc) is 1.38. The van der Waals surface area contributed by atoms with E-state index in [0.29, 0.717) is 6.04 Å². The van der Waals surface area contributed by atoms with Gasteiger partial charge in [0.15, 0.2) is 0 Å². The van der Waals surface area contributed by atoms with E-state index in [-0.39, 0.29) is 0 Å². The molecule has 2 heteroatoms. The normalized spacial score (nSPS) is 15.0. The molecule has 0 unspecified atom stereocenters. The molecule has 0 amide bonds. The van der Waals surface area contributed by atoms with Gasteiger partial charge in [-0.2, -0.15) is 0 Å². The molecule has 0 fully saturated rings. The Morgan fingerprint density at radius 1 is 1.80 bits per heavy atom. The van der Waals surface area contributed by atoms with E-state index in [4.69, 9.17) is 0 Å². The van der Waals surface area contributed by atoms with Crippen molar-refractivity contribution in [3.05, 3.63) is 0 Å². The summed E-state index contributed by atoms with van der Waals surface area (Å²) in [5.74, 6) is 0. The van der Waals surface area contributed by atoms with Crippen molar-refractivity contribution >= 4 is 0 Å². The fraction of sp³-hybridized carbons (Fsp3) is 1.00. The van der Waals surface area contributed by atoms with Gasteiger partial charge in [0.25, 0.3) is 0 Å². The lowest BCUT2D eigenvalue weighted by atomic mass is 10.4. The van der Waals surface area contributed by atoms with Gasteiger partial charge in [0.2, 0.25) is 0 Å². The van der Waals surface area contributed by atoms with Crippen molar-refractivity contribution in [1.82, 2.24) is 0 Å². The molecule has 0 aliphatic rings. The number of hydrogen-bond donors (Lipinski definition) is 2. The lowest BCUT2D eigenvalue weighted by Gasteiger charge is -1.85. The zero-order chi connectivity index (χ0) is 4.28. The van der Waals surface area contributed by atoms with Gasteiger partial charge in [-0.25, -0.2) is 0 Å². The van der Waals surface area contributed by atoms with Crippen molar-refractivity contribution in [2.24, 2.45) is 0 Å². The molecule has 0 spiro atoms. The second kappa shape index (κ2) is 2.18. The van der Waals surface area contributed by atoms with Gasteiger partial charge in [-0.05, 0) is 6.92 Å². The summed E-state index contributed by atoms with van der Waals surface area (Å²) in [6.07, 6.45) is 0. The molecule has 0 heterocycles. The lowest BCUT2D eigenvalue weighted by Crippen LogP contribution is -2.71. The Kier molecular flexibility index (Phi) is 2.14. The van der Waals surface area contributed by atoms with Crippen LogP contribution in [0.2, 0.25) is 0 Å². The van der Waals surface area contributed by atoms with Crippen LogP contribution in [0.15, 0.2) is 0 Å². The molecule has 0 rings (SSSR count). The summed E-state index contributed by atoms with van der Waals surface area (Å²) in [4.78, 5) is 0. The predicted octanol–water partition coefficient (Wildman–Crippen LogP) is -2.14. The molecular formula is C3H12N2+2. The molecule has 5 heavy (non-hydrogen) atoms. The first kappa shape index (κ1) is 4.92. The van der Waals surface area contributed by atoms with Crippen LogP contribution in [0, 0.1) is 0 Å². The standard InChI is InChI=1S/C3H10N2/c1-3(5)2-4/h3H,2,4-5H2,1H3/p+2/t3-/m0/s1. The first-order valence-electron chi connectivity index (χ1n) is 1.89. The van der Waals surface area contributed by atoms with Crippen LogP contribution in [0.4, 0.5) is 0 Å². The predicted molar refractivity (Wildman–Crippen MR) is 20.1 cm³/mol. The molecule has 6 N–H and O–H groups in total. The highest BCUT2D eigenvalue weighted by atomic mass is 14.7. The number of quaternary nitrogens is 2. The highest BCUT2D eigenvalue weighted by Gasteiger charge is 1.88. The van der Waals surface area contributed by atoms with Crippen molar-refractivity contribution in [3.63, 3.8) is 0 Å². The van der Waals surface area contributed by atoms with Gasteiger partial charge < -0.3 is 11.5 Å². The SMILES string of the molecule is C[C@H]([NH3+])C[NH3+]. The topological polar surface area (TPSA) is 55.3 Å². The first-order chi connectivity index (χ1) is 2.27. The zero-order valence-corrected chi connectivity index (χ0v) is 3.70. The fourth-order valence-corrected chi connectivity index (χ4v) is 0. The maximum Gasteiger partial charge on any atom is 0.131 e. The minimum Gasteiger partial charge on any atom is -0.353 e. The smallest absolute Gasteiger partial charge is 0.131 e. The molecule has 2 nitrogen and oxygen atoms in total. The number of hydrogen-bond acceptors (Lipinski definition) is 0. The molecule has 0 aliphatic carbocycles. The third-order valence-corrected chi connectivity index (χ3v) is 0.493. The van der Waals surface area contributed by atoms with Gasteiger partial charge in [0.1, 0.15) is 12.6 Å². The van der Waals surface area contributed by atoms with Crippen LogP contribution in [0.3, 0.4) is 0 Å². The average molecular weight is 76.1 g/mol. The zero-order valence-electron chi connectivity index (χ0n) is 3.70. The minimum absolute atomic E-state index is 0.523. The summed E-state index contributed by atoms with van der Waals surface area (Å²) >= 11 is 0. The highest BCUT2D eigenvalue weighted by molar-refractivity contribution is 4.29.